The van der Waals surface area contributed by atoms with Gasteiger partial charge in [0.05, 0.1) is 21.4 Å². The van der Waals surface area contributed by atoms with Crippen LogP contribution in [-0.2, 0) is 25.5 Å². The molecule has 0 saturated carbocycles. The summed E-state index contributed by atoms with van der Waals surface area (Å²) in [5.74, 6) is 4.81. The van der Waals surface area contributed by atoms with E-state index in [2.05, 4.69) is 220 Å². The second kappa shape index (κ2) is 34.3. The average Bonchev–Trinajstić information content (AvgIpc) is 3.40. The molecule has 0 aliphatic carbocycles. The third-order valence-corrected chi connectivity index (χ3v) is 15.8. The largest absolute Gasteiger partial charge is 0.0622 e. The van der Waals surface area contributed by atoms with E-state index in [0.717, 1.165) is 12.8 Å². The van der Waals surface area contributed by atoms with Gasteiger partial charge in [0.25, 0.3) is 0 Å². The van der Waals surface area contributed by atoms with E-state index in [1.54, 1.807) is 24.3 Å². The van der Waals surface area contributed by atoms with Crippen LogP contribution in [0.4, 0.5) is 20.2 Å². The van der Waals surface area contributed by atoms with Gasteiger partial charge in [0.1, 0.15) is 11.6 Å². The number of nitrogens with one attached hydrogen (secondary N) is 2. The van der Waals surface area contributed by atoms with Gasteiger partial charge in [-0.25, -0.2) is 8.78 Å². The van der Waals surface area contributed by atoms with Crippen LogP contribution in [0.2, 0.25) is 0 Å². The van der Waals surface area contributed by atoms with Crippen molar-refractivity contribution in [1.82, 2.24) is 0 Å². The molecule has 74 heavy (non-hydrogen) atoms. The SMILES string of the molecule is CCCC(=O)Nc1cccc(F)c1Br.CCCC(=O)Nc1cccc(F)c1C#CC(C)(C)C.[Cl][Pd][Cl].c1ccc(P(c2ccccc2)c2ccccc2)cc1.c1ccc(P(c2ccccc2)c2ccccc2)cc1. The van der Waals surface area contributed by atoms with Crippen molar-refractivity contribution in [2.24, 2.45) is 5.41 Å². The number of hydrogen-bond acceptors (Lipinski definition) is 2. The topological polar surface area (TPSA) is 58.2 Å². The summed E-state index contributed by atoms with van der Waals surface area (Å²) in [6.45, 7) is 9.70. The Hall–Kier alpha value is -5.30. The molecule has 0 aromatic heterocycles. The number of amides is 2. The Labute approximate surface area is 464 Å². The molecule has 0 spiro atoms. The number of anilines is 2. The van der Waals surface area contributed by atoms with E-state index >= 15 is 0 Å². The van der Waals surface area contributed by atoms with Gasteiger partial charge in [0, 0.05) is 18.3 Å². The Morgan fingerprint density at radius 2 is 0.770 bits per heavy atom. The predicted octanol–water partition coefficient (Wildman–Crippen LogP) is 15.6. The van der Waals surface area contributed by atoms with Crippen LogP contribution in [0.5, 0.6) is 0 Å². The molecule has 386 valence electrons. The van der Waals surface area contributed by atoms with Gasteiger partial charge in [-0.05, 0) is 121 Å². The third kappa shape index (κ3) is 21.9. The Morgan fingerprint density at radius 1 is 0.486 bits per heavy atom. The molecule has 2 N–H and O–H groups in total. The molecule has 0 radical (unpaired) electrons. The van der Waals surface area contributed by atoms with Crippen LogP contribution in [0.3, 0.4) is 0 Å². The van der Waals surface area contributed by atoms with E-state index in [-0.39, 0.29) is 44.5 Å². The minimum atomic E-state index is -0.446. The van der Waals surface area contributed by atoms with Gasteiger partial charge in [0.15, 0.2) is 0 Å². The summed E-state index contributed by atoms with van der Waals surface area (Å²) < 4.78 is 27.1. The minimum absolute atomic E-state index is 0.0983. The van der Waals surface area contributed by atoms with E-state index in [9.17, 15) is 18.4 Å². The molecule has 0 saturated heterocycles. The summed E-state index contributed by atoms with van der Waals surface area (Å²) in [4.78, 5) is 22.8. The molecular formula is C62H61BrCl2F2N2O2P2Pd. The molecule has 4 nitrogen and oxygen atoms in total. The summed E-state index contributed by atoms with van der Waals surface area (Å²) >= 11 is 2.96. The molecule has 0 unspecified atom stereocenters. The predicted molar refractivity (Wildman–Crippen MR) is 316 cm³/mol. The molecule has 8 aromatic carbocycles. The molecule has 0 heterocycles. The molecular weight excluding hydrogens is 1160 g/mol. The summed E-state index contributed by atoms with van der Waals surface area (Å²) in [6.07, 6.45) is 2.40. The van der Waals surface area contributed by atoms with Crippen LogP contribution < -0.4 is 42.5 Å². The van der Waals surface area contributed by atoms with Crippen molar-refractivity contribution >= 4 is 106 Å². The quantitative estimate of drug-likeness (QED) is 0.0728. The van der Waals surface area contributed by atoms with Crippen molar-refractivity contribution in [3.05, 3.63) is 240 Å². The molecule has 0 aliphatic heterocycles. The monoisotopic (exact) mass is 1220 g/mol. The zero-order chi connectivity index (χ0) is 53.6. The van der Waals surface area contributed by atoms with E-state index in [0.29, 0.717) is 28.7 Å². The van der Waals surface area contributed by atoms with Gasteiger partial charge >= 0.3 is 35.0 Å². The van der Waals surface area contributed by atoms with Crippen molar-refractivity contribution in [2.45, 2.75) is 60.3 Å². The standard InChI is InChI=1S/2C18H15P.C16H20FNO.C10H11BrFNO.2ClH.Pd/c2*1-4-10-16(11-5-1)19(17-12-6-2-7-13-17)18-14-8-3-9-15-18;1-5-7-15(19)18-14-9-6-8-13(17)12(14)10-11-16(2,3)4;1-2-4-9(14)13-8-6-3-5-7(12)10(8)11;;;/h2*1-15H;6,8-9H,5,7H2,1-4H3,(H,18,19);3,5-6H,2,4H2,1H3,(H,13,14);2*1H;/q;;;;;;+2/p-2. The molecule has 2 amide bonds. The summed E-state index contributed by atoms with van der Waals surface area (Å²) in [5.41, 5.74) is 0.952. The fraction of sp³-hybridized carbons (Fsp3) is 0.161. The molecule has 0 atom stereocenters. The Morgan fingerprint density at radius 3 is 1.07 bits per heavy atom. The van der Waals surface area contributed by atoms with Crippen LogP contribution in [0.25, 0.3) is 0 Å². The molecule has 0 bridgehead atoms. The van der Waals surface area contributed by atoms with Crippen LogP contribution in [0.15, 0.2) is 223 Å². The van der Waals surface area contributed by atoms with E-state index in [4.69, 9.17) is 19.1 Å². The molecule has 0 aliphatic rings. The Kier molecular flexibility index (Phi) is 28.4. The Bertz CT molecular complexity index is 2630. The van der Waals surface area contributed by atoms with Gasteiger partial charge < -0.3 is 10.6 Å². The number of benzene rings is 8. The van der Waals surface area contributed by atoms with Gasteiger partial charge in [-0.1, -0.05) is 220 Å². The smallest absolute Gasteiger partial charge is 0.0134 e. The number of carbonyl (C=O) groups is 2. The fourth-order valence-corrected chi connectivity index (χ4v) is 11.8. The Balaban J connectivity index is 0.000000211. The van der Waals surface area contributed by atoms with Gasteiger partial charge in [-0.2, -0.15) is 0 Å². The second-order valence-electron chi connectivity index (χ2n) is 17.1. The number of halogens is 5. The van der Waals surface area contributed by atoms with Gasteiger partial charge in [-0.15, -0.1) is 0 Å². The van der Waals surface area contributed by atoms with Gasteiger partial charge in [0.2, 0.25) is 11.8 Å². The van der Waals surface area contributed by atoms with Crippen LogP contribution in [0.1, 0.15) is 65.9 Å². The average molecular weight is 1220 g/mol. The maximum Gasteiger partial charge on any atom is -0.0134 e. The first-order valence-electron chi connectivity index (χ1n) is 23.9. The minimum Gasteiger partial charge on any atom is -0.0622 e. The van der Waals surface area contributed by atoms with Gasteiger partial charge in [-0.3, -0.25) is 9.59 Å². The van der Waals surface area contributed by atoms with E-state index in [1.165, 1.54) is 44.0 Å². The zero-order valence-electron chi connectivity index (χ0n) is 42.0. The zero-order valence-corrected chi connectivity index (χ0v) is 48.5. The van der Waals surface area contributed by atoms with Crippen molar-refractivity contribution < 1.29 is 34.3 Å². The molecule has 12 heteroatoms. The van der Waals surface area contributed by atoms with Crippen LogP contribution in [0, 0.1) is 28.9 Å². The molecule has 8 rings (SSSR count). The van der Waals surface area contributed by atoms with Crippen LogP contribution in [-0.4, -0.2) is 11.8 Å². The first-order valence-corrected chi connectivity index (χ1v) is 31.4. The van der Waals surface area contributed by atoms with Crippen molar-refractivity contribution in [2.75, 3.05) is 10.6 Å². The third-order valence-electron chi connectivity index (χ3n) is 10.1. The summed E-state index contributed by atoms with van der Waals surface area (Å²) in [5, 5.41) is 13.7. The number of carbonyl (C=O) groups excluding carboxylic acids is 2. The second-order valence-corrected chi connectivity index (χ2v) is 24.7. The van der Waals surface area contributed by atoms with E-state index in [1.807, 2.05) is 34.6 Å². The molecule has 0 fully saturated rings. The van der Waals surface area contributed by atoms with Crippen molar-refractivity contribution in [1.29, 1.82) is 0 Å². The summed E-state index contributed by atoms with van der Waals surface area (Å²) in [6, 6.07) is 73.8. The van der Waals surface area contributed by atoms with Crippen LogP contribution >= 0.6 is 50.8 Å². The first-order chi connectivity index (χ1) is 35.8. The number of hydrogen-bond donors (Lipinski definition) is 2. The van der Waals surface area contributed by atoms with E-state index < -0.39 is 21.7 Å². The fourth-order valence-electron chi connectivity index (χ4n) is 6.84. The first kappa shape index (κ1) is 61.3. The summed E-state index contributed by atoms with van der Waals surface area (Å²) in [7, 11) is 8.74. The normalized spacial score (nSPS) is 10.3. The molecule has 8 aromatic rings. The van der Waals surface area contributed by atoms with Crippen molar-refractivity contribution in [3.63, 3.8) is 0 Å². The number of rotatable bonds is 12. The maximum absolute atomic E-state index is 13.8. The maximum atomic E-state index is 13.8. The van der Waals surface area contributed by atoms with Crippen molar-refractivity contribution in [3.8, 4) is 11.8 Å².